The molecule has 9 heteroatoms. The number of halogens is 1. The molecule has 0 amide bonds. The maximum absolute atomic E-state index is 13.3. The maximum Gasteiger partial charge on any atom is 0.244 e. The number of benzene rings is 1. The lowest BCUT2D eigenvalue weighted by Crippen LogP contribution is -2.40. The molecule has 6 nitrogen and oxygen atoms in total. The van der Waals surface area contributed by atoms with E-state index in [9.17, 15) is 13.5 Å². The quantitative estimate of drug-likeness (QED) is 0.666. The van der Waals surface area contributed by atoms with Crippen molar-refractivity contribution in [2.24, 2.45) is 5.92 Å². The molecule has 0 saturated carbocycles. The molecule has 27 heavy (non-hydrogen) atoms. The van der Waals surface area contributed by atoms with Crippen LogP contribution in [-0.4, -0.2) is 40.9 Å². The number of hydrogen-bond acceptors (Lipinski definition) is 5. The van der Waals surface area contributed by atoms with Crippen molar-refractivity contribution in [3.63, 3.8) is 0 Å². The Bertz CT molecular complexity index is 1060. The van der Waals surface area contributed by atoms with E-state index in [1.165, 1.54) is 15.6 Å². The number of hydrogen-bond donors (Lipinski definition) is 2. The standard InChI is InChI=1S/C18H20ClN3O3S2/c1-11-17(14-10-13(19)2-3-15(14)26-11)27(24,25)22-8-4-12(5-9-22)16(23)18-20-6-7-21-18/h2-3,6-7,10,12,16,23H,4-5,8-9H2,1H3,(H,20,21)/t16-/m1/s1. The summed E-state index contributed by atoms with van der Waals surface area (Å²) in [6.07, 6.45) is 3.75. The van der Waals surface area contributed by atoms with Crippen LogP contribution in [0.2, 0.25) is 5.02 Å². The first-order chi connectivity index (χ1) is 12.9. The predicted molar refractivity (Wildman–Crippen MR) is 107 cm³/mol. The fourth-order valence-electron chi connectivity index (χ4n) is 3.71. The second-order valence-corrected chi connectivity index (χ2v) is 10.4. The normalized spacial score (nSPS) is 18.2. The summed E-state index contributed by atoms with van der Waals surface area (Å²) in [5.74, 6) is 0.517. The van der Waals surface area contributed by atoms with Crippen LogP contribution in [0.4, 0.5) is 0 Å². The van der Waals surface area contributed by atoms with Gasteiger partial charge in [-0.3, -0.25) is 0 Å². The van der Waals surface area contributed by atoms with E-state index in [0.29, 0.717) is 47.1 Å². The molecule has 2 N–H and O–H groups in total. The fourth-order valence-corrected chi connectivity index (χ4v) is 7.09. The minimum Gasteiger partial charge on any atom is -0.385 e. The van der Waals surface area contributed by atoms with E-state index in [2.05, 4.69) is 9.97 Å². The molecule has 4 rings (SSSR count). The van der Waals surface area contributed by atoms with Crippen molar-refractivity contribution in [1.82, 2.24) is 14.3 Å². The SMILES string of the molecule is Cc1sc2ccc(Cl)cc2c1S(=O)(=O)N1CCC([C@@H](O)c2ncc[nH]2)CC1. The van der Waals surface area contributed by atoms with E-state index in [1.807, 2.05) is 13.0 Å². The molecule has 1 fully saturated rings. The summed E-state index contributed by atoms with van der Waals surface area (Å²) in [4.78, 5) is 8.16. The molecule has 0 radical (unpaired) electrons. The van der Waals surface area contributed by atoms with Crippen LogP contribution in [0.3, 0.4) is 0 Å². The van der Waals surface area contributed by atoms with Crippen molar-refractivity contribution in [3.8, 4) is 0 Å². The van der Waals surface area contributed by atoms with E-state index in [4.69, 9.17) is 11.6 Å². The molecule has 0 unspecified atom stereocenters. The molecule has 1 saturated heterocycles. The van der Waals surface area contributed by atoms with Crippen LogP contribution in [0.5, 0.6) is 0 Å². The van der Waals surface area contributed by atoms with Crippen molar-refractivity contribution in [2.45, 2.75) is 30.8 Å². The fraction of sp³-hybridized carbons (Fsp3) is 0.389. The monoisotopic (exact) mass is 425 g/mol. The number of aliphatic hydroxyl groups is 1. The van der Waals surface area contributed by atoms with Gasteiger partial charge >= 0.3 is 0 Å². The van der Waals surface area contributed by atoms with Gasteiger partial charge in [-0.25, -0.2) is 13.4 Å². The van der Waals surface area contributed by atoms with Crippen LogP contribution in [0.15, 0.2) is 35.5 Å². The molecule has 1 aromatic carbocycles. The van der Waals surface area contributed by atoms with Gasteiger partial charge in [-0.05, 0) is 43.9 Å². The Labute approximate surface area is 166 Å². The number of nitrogens with zero attached hydrogens (tertiary/aromatic N) is 2. The molecule has 0 spiro atoms. The lowest BCUT2D eigenvalue weighted by Gasteiger charge is -2.33. The lowest BCUT2D eigenvalue weighted by molar-refractivity contribution is 0.0696. The summed E-state index contributed by atoms with van der Waals surface area (Å²) in [7, 11) is -3.62. The van der Waals surface area contributed by atoms with Crippen LogP contribution in [0.25, 0.3) is 10.1 Å². The molecular formula is C18H20ClN3O3S2. The minimum absolute atomic E-state index is 0.0163. The summed E-state index contributed by atoms with van der Waals surface area (Å²) in [6, 6.07) is 5.36. The average Bonchev–Trinajstić information content (AvgIpc) is 3.28. The number of sulfonamides is 1. The van der Waals surface area contributed by atoms with Crippen LogP contribution in [-0.2, 0) is 10.0 Å². The maximum atomic E-state index is 13.3. The zero-order valence-electron chi connectivity index (χ0n) is 14.7. The van der Waals surface area contributed by atoms with Crippen LogP contribution in [0.1, 0.15) is 29.6 Å². The molecule has 3 aromatic rings. The Hall–Kier alpha value is -1.45. The molecular weight excluding hydrogens is 406 g/mol. The van der Waals surface area contributed by atoms with Gasteiger partial charge in [0.25, 0.3) is 0 Å². The van der Waals surface area contributed by atoms with Crippen molar-refractivity contribution >= 4 is 43.0 Å². The zero-order valence-corrected chi connectivity index (χ0v) is 17.1. The second-order valence-electron chi connectivity index (χ2n) is 6.79. The van der Waals surface area contributed by atoms with Crippen molar-refractivity contribution in [2.75, 3.05) is 13.1 Å². The van der Waals surface area contributed by atoms with Gasteiger partial charge in [-0.15, -0.1) is 11.3 Å². The number of H-pyrrole nitrogens is 1. The van der Waals surface area contributed by atoms with Crippen molar-refractivity contribution in [3.05, 3.63) is 46.3 Å². The number of aryl methyl sites for hydroxylation is 1. The smallest absolute Gasteiger partial charge is 0.244 e. The van der Waals surface area contributed by atoms with Crippen molar-refractivity contribution in [1.29, 1.82) is 0 Å². The largest absolute Gasteiger partial charge is 0.385 e. The lowest BCUT2D eigenvalue weighted by atomic mass is 9.92. The molecule has 0 bridgehead atoms. The third kappa shape index (κ3) is 3.40. The third-order valence-corrected chi connectivity index (χ3v) is 8.65. The summed E-state index contributed by atoms with van der Waals surface area (Å²) in [5, 5.41) is 11.7. The average molecular weight is 426 g/mol. The van der Waals surface area contributed by atoms with Crippen LogP contribution < -0.4 is 0 Å². The van der Waals surface area contributed by atoms with Crippen LogP contribution >= 0.6 is 22.9 Å². The van der Waals surface area contributed by atoms with Gasteiger partial charge in [-0.2, -0.15) is 4.31 Å². The zero-order chi connectivity index (χ0) is 19.2. The Morgan fingerprint density at radius 3 is 2.78 bits per heavy atom. The number of aromatic amines is 1. The van der Waals surface area contributed by atoms with Gasteiger partial charge in [0.1, 0.15) is 16.8 Å². The van der Waals surface area contributed by atoms with Gasteiger partial charge in [0.05, 0.1) is 0 Å². The number of aliphatic hydroxyl groups excluding tert-OH is 1. The predicted octanol–water partition coefficient (Wildman–Crippen LogP) is 3.72. The topological polar surface area (TPSA) is 86.3 Å². The Morgan fingerprint density at radius 2 is 2.11 bits per heavy atom. The number of rotatable bonds is 4. The van der Waals surface area contributed by atoms with Gasteiger partial charge in [0, 0.05) is 45.5 Å². The van der Waals surface area contributed by atoms with Crippen LogP contribution in [0, 0.1) is 12.8 Å². The molecule has 1 aliphatic rings. The van der Waals surface area contributed by atoms with Crippen molar-refractivity contribution < 1.29 is 13.5 Å². The molecule has 1 atom stereocenters. The molecule has 3 heterocycles. The first-order valence-electron chi connectivity index (χ1n) is 8.74. The Balaban J connectivity index is 1.58. The second kappa shape index (κ2) is 7.18. The van der Waals surface area contributed by atoms with Gasteiger partial charge in [-0.1, -0.05) is 11.6 Å². The summed E-state index contributed by atoms with van der Waals surface area (Å²) < 4.78 is 29.1. The molecule has 1 aliphatic heterocycles. The van der Waals surface area contributed by atoms with E-state index in [0.717, 1.165) is 9.58 Å². The highest BCUT2D eigenvalue weighted by Crippen LogP contribution is 2.39. The van der Waals surface area contributed by atoms with Gasteiger partial charge in [0.15, 0.2) is 0 Å². The number of imidazole rings is 1. The third-order valence-electron chi connectivity index (χ3n) is 5.11. The molecule has 0 aliphatic carbocycles. The van der Waals surface area contributed by atoms with E-state index in [1.54, 1.807) is 24.5 Å². The number of fused-ring (bicyclic) bond motifs is 1. The minimum atomic E-state index is -3.62. The molecule has 144 valence electrons. The highest BCUT2D eigenvalue weighted by Gasteiger charge is 2.35. The summed E-state index contributed by atoms with van der Waals surface area (Å²) in [6.45, 7) is 2.59. The van der Waals surface area contributed by atoms with E-state index in [-0.39, 0.29) is 5.92 Å². The Kier molecular flexibility index (Phi) is 5.02. The first kappa shape index (κ1) is 18.9. The van der Waals surface area contributed by atoms with Gasteiger partial charge in [0.2, 0.25) is 10.0 Å². The first-order valence-corrected chi connectivity index (χ1v) is 11.4. The number of thiophene rings is 1. The van der Waals surface area contributed by atoms with Gasteiger partial charge < -0.3 is 10.1 Å². The molecule has 2 aromatic heterocycles. The highest BCUT2D eigenvalue weighted by atomic mass is 35.5. The number of piperidine rings is 1. The summed E-state index contributed by atoms with van der Waals surface area (Å²) >= 11 is 7.56. The summed E-state index contributed by atoms with van der Waals surface area (Å²) in [5.41, 5.74) is 0. The number of nitrogens with one attached hydrogen (secondary N) is 1. The van der Waals surface area contributed by atoms with E-state index >= 15 is 0 Å². The van der Waals surface area contributed by atoms with E-state index < -0.39 is 16.1 Å². The Morgan fingerprint density at radius 1 is 1.37 bits per heavy atom. The number of aromatic nitrogens is 2. The highest BCUT2D eigenvalue weighted by molar-refractivity contribution is 7.89.